The summed E-state index contributed by atoms with van der Waals surface area (Å²) in [5, 5.41) is 7.92. The highest BCUT2D eigenvalue weighted by Crippen LogP contribution is 2.40. The van der Waals surface area contributed by atoms with E-state index in [0.29, 0.717) is 0 Å². The zero-order valence-electron chi connectivity index (χ0n) is 24.0. The molecule has 0 aromatic heterocycles. The maximum atomic E-state index is 4.11. The molecule has 0 unspecified atom stereocenters. The summed E-state index contributed by atoms with van der Waals surface area (Å²) >= 11 is 0. The Morgan fingerprint density at radius 3 is 1.72 bits per heavy atom. The Morgan fingerprint density at radius 2 is 1.05 bits per heavy atom. The number of hydrogen-bond acceptors (Lipinski definition) is 0. The molecular weight excluding hydrogens is 516 g/mol. The second-order valence-electron chi connectivity index (χ2n) is 11.5. The largest absolute Gasteiger partial charge is 0.0988 e. The molecule has 1 aliphatic carbocycles. The summed E-state index contributed by atoms with van der Waals surface area (Å²) in [5.41, 5.74) is 12.2. The molecule has 0 heterocycles. The van der Waals surface area contributed by atoms with Gasteiger partial charge < -0.3 is 0 Å². The third-order valence-corrected chi connectivity index (χ3v) is 8.95. The summed E-state index contributed by atoms with van der Waals surface area (Å²) in [6.07, 6.45) is 7.07. The van der Waals surface area contributed by atoms with Crippen molar-refractivity contribution in [2.24, 2.45) is 0 Å². The van der Waals surface area contributed by atoms with Crippen molar-refractivity contribution in [3.8, 4) is 33.4 Å². The van der Waals surface area contributed by atoms with Crippen molar-refractivity contribution in [2.75, 3.05) is 0 Å². The molecule has 7 aromatic rings. The lowest BCUT2D eigenvalue weighted by molar-refractivity contribution is 1.20. The smallest absolute Gasteiger partial charge is 0.00206 e. The maximum absolute atomic E-state index is 4.11. The van der Waals surface area contributed by atoms with Gasteiger partial charge in [0.25, 0.3) is 0 Å². The number of allylic oxidation sites excluding steroid dienone is 6. The van der Waals surface area contributed by atoms with Crippen LogP contribution in [0, 0.1) is 0 Å². The van der Waals surface area contributed by atoms with Crippen molar-refractivity contribution in [3.05, 3.63) is 175 Å². The van der Waals surface area contributed by atoms with Crippen LogP contribution in [0.25, 0.3) is 71.3 Å². The van der Waals surface area contributed by atoms with Crippen molar-refractivity contribution < 1.29 is 0 Å². The number of rotatable bonds is 5. The van der Waals surface area contributed by atoms with Gasteiger partial charge in [0.1, 0.15) is 0 Å². The molecule has 202 valence electrons. The minimum Gasteiger partial charge on any atom is -0.0988 e. The molecule has 0 fully saturated rings. The van der Waals surface area contributed by atoms with Gasteiger partial charge in [0, 0.05) is 0 Å². The maximum Gasteiger partial charge on any atom is -0.00206 e. The highest BCUT2D eigenvalue weighted by atomic mass is 14.2. The van der Waals surface area contributed by atoms with Gasteiger partial charge in [-0.2, -0.15) is 0 Å². The first-order chi connectivity index (χ1) is 21.2. The van der Waals surface area contributed by atoms with Crippen LogP contribution >= 0.6 is 0 Å². The van der Waals surface area contributed by atoms with Crippen molar-refractivity contribution >= 4 is 37.9 Å². The lowest BCUT2D eigenvalue weighted by Crippen LogP contribution is -1.94. The van der Waals surface area contributed by atoms with Crippen LogP contribution in [-0.4, -0.2) is 0 Å². The van der Waals surface area contributed by atoms with Gasteiger partial charge in [-0.05, 0) is 94.9 Å². The Hall–Kier alpha value is -5.46. The summed E-state index contributed by atoms with van der Waals surface area (Å²) in [5.74, 6) is 0. The summed E-state index contributed by atoms with van der Waals surface area (Å²) in [6.45, 7) is 8.13. The van der Waals surface area contributed by atoms with Crippen molar-refractivity contribution in [3.63, 3.8) is 0 Å². The molecule has 0 saturated carbocycles. The molecule has 8 rings (SSSR count). The standard InChI is InChI=1S/C43H30/c1-3-29-26-28(2)10-23-39(29)32-15-11-30(12-16-32)37-8-5-9-38(27-37)31-13-17-33(18-14-31)40-24-21-36-20-19-34-6-4-7-35-22-25-41(40)43(36)42(34)35/h3-25,27H,1-2,26H2. The topological polar surface area (TPSA) is 0 Å². The summed E-state index contributed by atoms with van der Waals surface area (Å²) in [4.78, 5) is 0. The first-order valence-corrected chi connectivity index (χ1v) is 14.9. The van der Waals surface area contributed by atoms with E-state index in [1.807, 2.05) is 6.08 Å². The lowest BCUT2D eigenvalue weighted by Gasteiger charge is -2.15. The Morgan fingerprint density at radius 1 is 0.488 bits per heavy atom. The van der Waals surface area contributed by atoms with Crippen LogP contribution in [0.1, 0.15) is 12.0 Å². The van der Waals surface area contributed by atoms with Gasteiger partial charge in [0.15, 0.2) is 0 Å². The van der Waals surface area contributed by atoms with E-state index in [2.05, 4.69) is 153 Å². The zero-order valence-corrected chi connectivity index (χ0v) is 24.0. The molecule has 0 N–H and O–H groups in total. The third kappa shape index (κ3) is 4.31. The third-order valence-electron chi connectivity index (χ3n) is 8.95. The van der Waals surface area contributed by atoms with Crippen molar-refractivity contribution in [1.82, 2.24) is 0 Å². The van der Waals surface area contributed by atoms with Gasteiger partial charge in [-0.15, -0.1) is 0 Å². The molecule has 0 bridgehead atoms. The Balaban J connectivity index is 1.11. The van der Waals surface area contributed by atoms with Crippen LogP contribution in [0.5, 0.6) is 0 Å². The molecule has 43 heavy (non-hydrogen) atoms. The van der Waals surface area contributed by atoms with Gasteiger partial charge in [-0.25, -0.2) is 0 Å². The zero-order chi connectivity index (χ0) is 28.9. The summed E-state index contributed by atoms with van der Waals surface area (Å²) in [7, 11) is 0. The van der Waals surface area contributed by atoms with Crippen LogP contribution in [0.3, 0.4) is 0 Å². The van der Waals surface area contributed by atoms with Gasteiger partial charge >= 0.3 is 0 Å². The first-order valence-electron chi connectivity index (χ1n) is 14.9. The minimum atomic E-state index is 0.856. The van der Waals surface area contributed by atoms with Crippen molar-refractivity contribution in [2.45, 2.75) is 6.42 Å². The molecule has 0 nitrogen and oxygen atoms in total. The summed E-state index contributed by atoms with van der Waals surface area (Å²) in [6, 6.07) is 46.9. The van der Waals surface area contributed by atoms with Crippen LogP contribution in [0.2, 0.25) is 0 Å². The van der Waals surface area contributed by atoms with Crippen LogP contribution in [0.4, 0.5) is 0 Å². The molecule has 0 radical (unpaired) electrons. The molecule has 0 amide bonds. The predicted octanol–water partition coefficient (Wildman–Crippen LogP) is 12.0. The van der Waals surface area contributed by atoms with Gasteiger partial charge in [0.05, 0.1) is 0 Å². The van der Waals surface area contributed by atoms with Gasteiger partial charge in [0.2, 0.25) is 0 Å². The second-order valence-corrected chi connectivity index (χ2v) is 11.5. The normalized spacial score (nSPS) is 13.4. The van der Waals surface area contributed by atoms with E-state index in [4.69, 9.17) is 0 Å². The number of hydrogen-bond donors (Lipinski definition) is 0. The van der Waals surface area contributed by atoms with Gasteiger partial charge in [-0.1, -0.05) is 158 Å². The Bertz CT molecular complexity index is 2240. The fourth-order valence-electron chi connectivity index (χ4n) is 6.72. The highest BCUT2D eigenvalue weighted by molar-refractivity contribution is 6.25. The second kappa shape index (κ2) is 10.1. The average molecular weight is 547 g/mol. The SMILES string of the molecule is C=CC1=C(c2ccc(-c3cccc(-c4ccc(-c5ccc6ccc7cccc8ccc5c6c78)cc4)c3)cc2)C=CC(=C)C1. The molecular formula is C43H30. The predicted molar refractivity (Wildman–Crippen MR) is 186 cm³/mol. The average Bonchev–Trinajstić information content (AvgIpc) is 3.07. The monoisotopic (exact) mass is 546 g/mol. The molecule has 0 atom stereocenters. The summed E-state index contributed by atoms with van der Waals surface area (Å²) < 4.78 is 0. The molecule has 0 spiro atoms. The van der Waals surface area contributed by atoms with E-state index in [1.165, 1.54) is 82.4 Å². The quantitative estimate of drug-likeness (QED) is 0.188. The molecule has 0 heteroatoms. The molecule has 1 aliphatic rings. The minimum absolute atomic E-state index is 0.856. The van der Waals surface area contributed by atoms with E-state index < -0.39 is 0 Å². The van der Waals surface area contributed by atoms with Crippen LogP contribution in [0.15, 0.2) is 170 Å². The van der Waals surface area contributed by atoms with Crippen LogP contribution in [-0.2, 0) is 0 Å². The van der Waals surface area contributed by atoms with E-state index in [9.17, 15) is 0 Å². The van der Waals surface area contributed by atoms with E-state index in [-0.39, 0.29) is 0 Å². The van der Waals surface area contributed by atoms with Gasteiger partial charge in [-0.3, -0.25) is 0 Å². The van der Waals surface area contributed by atoms with E-state index in [0.717, 1.165) is 12.0 Å². The van der Waals surface area contributed by atoms with E-state index in [1.54, 1.807) is 0 Å². The molecule has 0 saturated heterocycles. The molecule has 0 aliphatic heterocycles. The fourth-order valence-corrected chi connectivity index (χ4v) is 6.72. The lowest BCUT2D eigenvalue weighted by atomic mass is 9.89. The first kappa shape index (κ1) is 25.3. The van der Waals surface area contributed by atoms with Crippen molar-refractivity contribution in [1.29, 1.82) is 0 Å². The fraction of sp³-hybridized carbons (Fsp3) is 0.0233. The Kier molecular flexibility index (Phi) is 5.94. The molecule has 7 aromatic carbocycles. The highest BCUT2D eigenvalue weighted by Gasteiger charge is 2.13. The van der Waals surface area contributed by atoms with Crippen LogP contribution < -0.4 is 0 Å². The van der Waals surface area contributed by atoms with E-state index >= 15 is 0 Å². The number of benzene rings is 7. The Labute approximate surface area is 252 Å².